The summed E-state index contributed by atoms with van der Waals surface area (Å²) in [6.07, 6.45) is 1.78. The molecule has 0 aliphatic carbocycles. The van der Waals surface area contributed by atoms with E-state index in [1.54, 1.807) is 21.1 Å². The van der Waals surface area contributed by atoms with Crippen LogP contribution in [-0.2, 0) is 20.7 Å². The largest absolute Gasteiger partial charge is 0.493 e. The van der Waals surface area contributed by atoms with E-state index in [9.17, 15) is 14.7 Å². The number of aliphatic hydroxyl groups excluding tert-OH is 1. The number of amides is 2. The Labute approximate surface area is 271 Å². The van der Waals surface area contributed by atoms with Crippen LogP contribution in [0.1, 0.15) is 59.4 Å². The van der Waals surface area contributed by atoms with Gasteiger partial charge in [-0.1, -0.05) is 33.8 Å². The van der Waals surface area contributed by atoms with Crippen molar-refractivity contribution in [3.8, 4) is 11.5 Å². The van der Waals surface area contributed by atoms with Crippen LogP contribution in [0.25, 0.3) is 0 Å². The molecule has 1 aliphatic rings. The van der Waals surface area contributed by atoms with Gasteiger partial charge < -0.3 is 35.3 Å². The van der Waals surface area contributed by atoms with Gasteiger partial charge in [0.15, 0.2) is 11.5 Å². The first-order valence-electron chi connectivity index (χ1n) is 15.9. The third-order valence-electron chi connectivity index (χ3n) is 8.67. The van der Waals surface area contributed by atoms with Crippen LogP contribution in [0.4, 0.5) is 0 Å². The molecule has 0 spiro atoms. The molecule has 0 saturated carbocycles. The molecule has 2 amide bonds. The zero-order chi connectivity index (χ0) is 31.9. The van der Waals surface area contributed by atoms with E-state index in [1.807, 2.05) is 30.9 Å². The van der Waals surface area contributed by atoms with Crippen LogP contribution < -0.4 is 20.5 Å². The van der Waals surface area contributed by atoms with E-state index < -0.39 is 12.1 Å². The highest BCUT2D eigenvalue weighted by Gasteiger charge is 2.30. The van der Waals surface area contributed by atoms with Crippen LogP contribution in [0.15, 0.2) is 18.2 Å². The van der Waals surface area contributed by atoms with Crippen LogP contribution >= 0.6 is 12.4 Å². The lowest BCUT2D eigenvalue weighted by Gasteiger charge is -2.34. The molecule has 44 heavy (non-hydrogen) atoms. The van der Waals surface area contributed by atoms with Crippen LogP contribution in [0, 0.1) is 23.7 Å². The molecule has 1 aromatic rings. The maximum Gasteiger partial charge on any atom is 0.223 e. The molecule has 1 fully saturated rings. The zero-order valence-corrected chi connectivity index (χ0v) is 28.9. The van der Waals surface area contributed by atoms with Crippen LogP contribution in [0.5, 0.6) is 11.5 Å². The number of aliphatic hydroxyl groups is 1. The molecule has 0 unspecified atom stereocenters. The third kappa shape index (κ3) is 13.5. The van der Waals surface area contributed by atoms with E-state index in [0.29, 0.717) is 50.0 Å². The minimum Gasteiger partial charge on any atom is -0.493 e. The van der Waals surface area contributed by atoms with Gasteiger partial charge in [0.2, 0.25) is 11.8 Å². The number of hydrogen-bond donors (Lipinski definition) is 3. The average molecular weight is 643 g/mol. The number of nitrogens with one attached hydrogen (secondary N) is 1. The van der Waals surface area contributed by atoms with Crippen molar-refractivity contribution in [2.75, 3.05) is 66.7 Å². The smallest absolute Gasteiger partial charge is 0.223 e. The van der Waals surface area contributed by atoms with Crippen LogP contribution in [0.3, 0.4) is 0 Å². The first-order chi connectivity index (χ1) is 20.5. The van der Waals surface area contributed by atoms with Crippen LogP contribution in [-0.4, -0.2) is 106 Å². The number of carbonyl (C=O) groups is 2. The van der Waals surface area contributed by atoms with E-state index in [2.05, 4.69) is 30.1 Å². The predicted octanol–water partition coefficient (Wildman–Crippen LogP) is 3.37. The zero-order valence-electron chi connectivity index (χ0n) is 28.0. The molecule has 11 heteroatoms. The fourth-order valence-electron chi connectivity index (χ4n) is 5.62. The van der Waals surface area contributed by atoms with Gasteiger partial charge in [-0.05, 0) is 54.7 Å². The van der Waals surface area contributed by atoms with E-state index in [4.69, 9.17) is 19.9 Å². The Morgan fingerprint density at radius 1 is 1.00 bits per heavy atom. The lowest BCUT2D eigenvalue weighted by molar-refractivity contribution is -0.130. The lowest BCUT2D eigenvalue weighted by Crippen LogP contribution is -2.50. The number of carbonyl (C=O) groups excluding carboxylic acids is 2. The maximum absolute atomic E-state index is 13.1. The summed E-state index contributed by atoms with van der Waals surface area (Å²) < 4.78 is 16.6. The van der Waals surface area contributed by atoms with Gasteiger partial charge >= 0.3 is 0 Å². The number of nitrogens with two attached hydrogens (primary N) is 1. The molecular formula is C33H59ClN4O6. The number of benzene rings is 1. The Balaban J connectivity index is 0.00000968. The van der Waals surface area contributed by atoms with Crippen molar-refractivity contribution in [2.45, 2.75) is 72.4 Å². The number of nitrogens with zero attached hydrogens (tertiary/aromatic N) is 2. The van der Waals surface area contributed by atoms with Crippen molar-refractivity contribution < 1.29 is 28.9 Å². The molecule has 4 atom stereocenters. The number of halogens is 1. The quantitative estimate of drug-likeness (QED) is 0.196. The Morgan fingerprint density at radius 3 is 2.25 bits per heavy atom. The second kappa shape index (κ2) is 20.8. The highest BCUT2D eigenvalue weighted by atomic mass is 35.5. The Hall–Kier alpha value is -2.11. The molecule has 0 aromatic heterocycles. The predicted molar refractivity (Wildman–Crippen MR) is 178 cm³/mol. The average Bonchev–Trinajstić information content (AvgIpc) is 2.97. The van der Waals surface area contributed by atoms with Crippen molar-refractivity contribution in [3.63, 3.8) is 0 Å². The van der Waals surface area contributed by atoms with E-state index in [-0.39, 0.29) is 42.0 Å². The summed E-state index contributed by atoms with van der Waals surface area (Å²) in [5, 5.41) is 14.2. The summed E-state index contributed by atoms with van der Waals surface area (Å²) in [5.74, 6) is 1.83. The monoisotopic (exact) mass is 642 g/mol. The Kier molecular flexibility index (Phi) is 18.9. The molecule has 4 N–H and O–H groups in total. The fraction of sp³-hybridized carbons (Fsp3) is 0.758. The highest BCUT2D eigenvalue weighted by Crippen LogP contribution is 2.31. The molecule has 1 aliphatic heterocycles. The minimum absolute atomic E-state index is 0. The van der Waals surface area contributed by atoms with Gasteiger partial charge in [-0.3, -0.25) is 14.5 Å². The number of rotatable bonds is 19. The molecule has 0 radical (unpaired) electrons. The minimum atomic E-state index is -0.783. The molecular weight excluding hydrogens is 584 g/mol. The second-order valence-corrected chi connectivity index (χ2v) is 12.6. The summed E-state index contributed by atoms with van der Waals surface area (Å²) in [6.45, 7) is 15.5. The first-order valence-corrected chi connectivity index (χ1v) is 15.9. The van der Waals surface area contributed by atoms with Gasteiger partial charge in [0.1, 0.15) is 0 Å². The molecule has 0 bridgehead atoms. The van der Waals surface area contributed by atoms with Crippen molar-refractivity contribution in [1.29, 1.82) is 0 Å². The van der Waals surface area contributed by atoms with E-state index >= 15 is 0 Å². The standard InChI is InChI=1S/C33H58N4O6.ClH/c1-23(2)27(19-26-9-10-31(42-7)32(20-26)43-18-8-17-41-6)21-29(34)30(39)22-28(24(3)4)33(40)35-11-12-36-13-15-37(16-14-36)25(5)38;/h9-10,20,23-24,27-30,39H,8,11-19,21-22,34H2,1-7H3,(H,35,40);1H/t27-,28-,29-,30-;/m0./s1. The molecule has 254 valence electrons. The van der Waals surface area contributed by atoms with E-state index in [1.165, 1.54) is 0 Å². The van der Waals surface area contributed by atoms with Gasteiger partial charge in [0, 0.05) is 78.3 Å². The summed E-state index contributed by atoms with van der Waals surface area (Å²) >= 11 is 0. The molecule has 1 saturated heterocycles. The number of hydrogen-bond acceptors (Lipinski definition) is 8. The number of methoxy groups -OCH3 is 2. The SMILES string of the molecule is COCCCOc1cc(C[C@@H](C[C@H](N)[C@@H](O)C[C@H](C(=O)NCCN2CCN(C(C)=O)CC2)C(C)C)C(C)C)ccc1OC.Cl. The third-order valence-corrected chi connectivity index (χ3v) is 8.67. The molecule has 2 rings (SSSR count). The Bertz CT molecular complexity index is 974. The van der Waals surface area contributed by atoms with Crippen molar-refractivity contribution in [1.82, 2.24) is 15.1 Å². The number of ether oxygens (including phenoxy) is 3. The van der Waals surface area contributed by atoms with Gasteiger partial charge in [0.25, 0.3) is 0 Å². The highest BCUT2D eigenvalue weighted by molar-refractivity contribution is 5.85. The Morgan fingerprint density at radius 2 is 1.68 bits per heavy atom. The number of piperazine rings is 1. The van der Waals surface area contributed by atoms with Crippen LogP contribution in [0.2, 0.25) is 0 Å². The fourth-order valence-corrected chi connectivity index (χ4v) is 5.62. The first kappa shape index (κ1) is 39.9. The van der Waals surface area contributed by atoms with Crippen molar-refractivity contribution in [3.05, 3.63) is 23.8 Å². The summed E-state index contributed by atoms with van der Waals surface area (Å²) in [7, 11) is 3.31. The molecule has 10 nitrogen and oxygen atoms in total. The molecule has 1 aromatic carbocycles. The summed E-state index contributed by atoms with van der Waals surface area (Å²) in [6, 6.07) is 5.58. The van der Waals surface area contributed by atoms with Gasteiger partial charge in [0.05, 0.1) is 19.8 Å². The summed E-state index contributed by atoms with van der Waals surface area (Å²) in [4.78, 5) is 28.8. The second-order valence-electron chi connectivity index (χ2n) is 12.6. The summed E-state index contributed by atoms with van der Waals surface area (Å²) in [5.41, 5.74) is 7.71. The van der Waals surface area contributed by atoms with Gasteiger partial charge in [-0.25, -0.2) is 0 Å². The van der Waals surface area contributed by atoms with E-state index in [0.717, 1.165) is 51.1 Å². The lowest BCUT2D eigenvalue weighted by atomic mass is 9.81. The van der Waals surface area contributed by atoms with Gasteiger partial charge in [-0.2, -0.15) is 0 Å². The van der Waals surface area contributed by atoms with Crippen molar-refractivity contribution >= 4 is 24.2 Å². The molecule has 1 heterocycles. The van der Waals surface area contributed by atoms with Gasteiger partial charge in [-0.15, -0.1) is 12.4 Å². The topological polar surface area (TPSA) is 127 Å². The van der Waals surface area contributed by atoms with Crippen molar-refractivity contribution in [2.24, 2.45) is 29.4 Å². The maximum atomic E-state index is 13.1. The normalized spacial score (nSPS) is 16.7.